The van der Waals surface area contributed by atoms with Gasteiger partial charge in [0.2, 0.25) is 0 Å². The Bertz CT molecular complexity index is 264. The first-order valence-corrected chi connectivity index (χ1v) is 5.98. The average Bonchev–Trinajstić information content (AvgIpc) is 2.34. The molecule has 1 aromatic rings. The molecule has 0 saturated heterocycles. The van der Waals surface area contributed by atoms with Gasteiger partial charge >= 0.3 is 0 Å². The first kappa shape index (κ1) is 13.1. The van der Waals surface area contributed by atoms with Gasteiger partial charge in [0, 0.05) is 32.1 Å². The van der Waals surface area contributed by atoms with Gasteiger partial charge in [-0.05, 0) is 18.1 Å². The molecule has 0 amide bonds. The predicted molar refractivity (Wildman–Crippen MR) is 66.3 cm³/mol. The van der Waals surface area contributed by atoms with E-state index < -0.39 is 0 Å². The summed E-state index contributed by atoms with van der Waals surface area (Å²) < 4.78 is 5.21. The van der Waals surface area contributed by atoms with Crippen molar-refractivity contribution < 1.29 is 4.74 Å². The van der Waals surface area contributed by atoms with E-state index in [1.54, 1.807) is 13.3 Å². The smallest absolute Gasteiger partial charge is 0.0615 e. The molecule has 1 rings (SSSR count). The van der Waals surface area contributed by atoms with Crippen molar-refractivity contribution in [2.45, 2.75) is 38.8 Å². The molecule has 0 aliphatic carbocycles. The number of ether oxygens (including phenoxy) is 1. The molecule has 1 heterocycles. The fraction of sp³-hybridized carbons (Fsp3) is 0.615. The number of nitrogens with one attached hydrogen (secondary N) is 1. The molecule has 0 radical (unpaired) electrons. The van der Waals surface area contributed by atoms with Crippen LogP contribution in [0.3, 0.4) is 0 Å². The summed E-state index contributed by atoms with van der Waals surface area (Å²) in [6, 6.07) is 4.50. The summed E-state index contributed by atoms with van der Waals surface area (Å²) in [4.78, 5) is 4.10. The van der Waals surface area contributed by atoms with Gasteiger partial charge in [0.1, 0.15) is 0 Å². The zero-order chi connectivity index (χ0) is 11.6. The molecule has 1 atom stereocenters. The third kappa shape index (κ3) is 5.24. The van der Waals surface area contributed by atoms with Crippen LogP contribution < -0.4 is 5.32 Å². The highest BCUT2D eigenvalue weighted by Gasteiger charge is 2.06. The van der Waals surface area contributed by atoms with E-state index in [-0.39, 0.29) is 0 Å². The molecule has 0 bridgehead atoms. The van der Waals surface area contributed by atoms with E-state index in [0.717, 1.165) is 13.2 Å². The Labute approximate surface area is 98.2 Å². The fourth-order valence-electron chi connectivity index (χ4n) is 1.66. The van der Waals surface area contributed by atoms with Gasteiger partial charge < -0.3 is 10.1 Å². The third-order valence-electron chi connectivity index (χ3n) is 2.59. The van der Waals surface area contributed by atoms with E-state index in [2.05, 4.69) is 23.3 Å². The minimum atomic E-state index is 0.449. The maximum atomic E-state index is 5.21. The second-order valence-corrected chi connectivity index (χ2v) is 4.04. The van der Waals surface area contributed by atoms with Gasteiger partial charge in [-0.3, -0.25) is 4.98 Å². The largest absolute Gasteiger partial charge is 0.383 e. The Morgan fingerprint density at radius 2 is 2.38 bits per heavy atom. The summed E-state index contributed by atoms with van der Waals surface area (Å²) in [6.45, 7) is 3.86. The molecular weight excluding hydrogens is 200 g/mol. The van der Waals surface area contributed by atoms with Gasteiger partial charge in [-0.15, -0.1) is 0 Å². The van der Waals surface area contributed by atoms with Crippen LogP contribution in [0, 0.1) is 0 Å². The molecule has 1 aromatic heterocycles. The van der Waals surface area contributed by atoms with Crippen LogP contribution in [0.5, 0.6) is 0 Å². The molecule has 1 unspecified atom stereocenters. The van der Waals surface area contributed by atoms with Gasteiger partial charge in [-0.1, -0.05) is 25.8 Å². The molecule has 0 spiro atoms. The maximum Gasteiger partial charge on any atom is 0.0615 e. The Kier molecular flexibility index (Phi) is 6.77. The van der Waals surface area contributed by atoms with Crippen molar-refractivity contribution in [3.05, 3.63) is 30.1 Å². The van der Waals surface area contributed by atoms with Crippen molar-refractivity contribution in [1.82, 2.24) is 10.3 Å². The first-order valence-electron chi connectivity index (χ1n) is 5.98. The van der Waals surface area contributed by atoms with Crippen LogP contribution in [-0.4, -0.2) is 24.7 Å². The van der Waals surface area contributed by atoms with Crippen molar-refractivity contribution in [1.29, 1.82) is 0 Å². The lowest BCUT2D eigenvalue weighted by molar-refractivity contribution is 0.160. The predicted octanol–water partition coefficient (Wildman–Crippen LogP) is 2.38. The Morgan fingerprint density at radius 1 is 1.50 bits per heavy atom. The van der Waals surface area contributed by atoms with E-state index in [4.69, 9.17) is 4.74 Å². The van der Waals surface area contributed by atoms with Crippen molar-refractivity contribution in [3.8, 4) is 0 Å². The minimum Gasteiger partial charge on any atom is -0.383 e. The molecule has 0 aromatic carbocycles. The number of unbranched alkanes of at least 4 members (excludes halogenated alkanes) is 1. The molecular formula is C13H22N2O. The van der Waals surface area contributed by atoms with Crippen LogP contribution in [0.25, 0.3) is 0 Å². The zero-order valence-corrected chi connectivity index (χ0v) is 10.3. The number of pyridine rings is 1. The number of nitrogens with zero attached hydrogens (tertiary/aromatic N) is 1. The summed E-state index contributed by atoms with van der Waals surface area (Å²) in [5.74, 6) is 0. The monoisotopic (exact) mass is 222 g/mol. The Hall–Kier alpha value is -0.930. The highest BCUT2D eigenvalue weighted by molar-refractivity contribution is 5.07. The molecule has 0 fully saturated rings. The van der Waals surface area contributed by atoms with Crippen molar-refractivity contribution in [3.63, 3.8) is 0 Å². The number of hydrogen-bond acceptors (Lipinski definition) is 3. The molecule has 16 heavy (non-hydrogen) atoms. The van der Waals surface area contributed by atoms with E-state index in [1.165, 1.54) is 24.8 Å². The Balaban J connectivity index is 2.31. The molecule has 3 heteroatoms. The first-order chi connectivity index (χ1) is 7.86. The number of hydrogen-bond donors (Lipinski definition) is 1. The van der Waals surface area contributed by atoms with Gasteiger partial charge in [0.25, 0.3) is 0 Å². The van der Waals surface area contributed by atoms with E-state index in [9.17, 15) is 0 Å². The third-order valence-corrected chi connectivity index (χ3v) is 2.59. The van der Waals surface area contributed by atoms with Crippen LogP contribution in [0.2, 0.25) is 0 Å². The molecule has 90 valence electrons. The standard InChI is InChI=1S/C13H22N2O/c1-3-4-7-13(11-16-2)15-10-12-6-5-8-14-9-12/h5-6,8-9,13,15H,3-4,7,10-11H2,1-2H3. The average molecular weight is 222 g/mol. The molecule has 3 nitrogen and oxygen atoms in total. The van der Waals surface area contributed by atoms with Crippen LogP contribution in [-0.2, 0) is 11.3 Å². The topological polar surface area (TPSA) is 34.1 Å². The van der Waals surface area contributed by atoms with Gasteiger partial charge in [0.15, 0.2) is 0 Å². The summed E-state index contributed by atoms with van der Waals surface area (Å²) in [6.07, 6.45) is 7.34. The minimum absolute atomic E-state index is 0.449. The van der Waals surface area contributed by atoms with Crippen molar-refractivity contribution in [2.75, 3.05) is 13.7 Å². The van der Waals surface area contributed by atoms with Crippen molar-refractivity contribution in [2.24, 2.45) is 0 Å². The summed E-state index contributed by atoms with van der Waals surface area (Å²) in [5.41, 5.74) is 1.22. The Morgan fingerprint density at radius 3 is 3.00 bits per heavy atom. The number of aromatic nitrogens is 1. The van der Waals surface area contributed by atoms with Gasteiger partial charge in [-0.2, -0.15) is 0 Å². The maximum absolute atomic E-state index is 5.21. The highest BCUT2D eigenvalue weighted by Crippen LogP contribution is 2.03. The van der Waals surface area contributed by atoms with E-state index >= 15 is 0 Å². The SMILES string of the molecule is CCCCC(COC)NCc1cccnc1. The lowest BCUT2D eigenvalue weighted by Gasteiger charge is -2.17. The van der Waals surface area contributed by atoms with Crippen LogP contribution in [0.15, 0.2) is 24.5 Å². The number of rotatable bonds is 8. The van der Waals surface area contributed by atoms with Crippen molar-refractivity contribution >= 4 is 0 Å². The summed E-state index contributed by atoms with van der Waals surface area (Å²) in [7, 11) is 1.75. The number of methoxy groups -OCH3 is 1. The molecule has 0 saturated carbocycles. The van der Waals surface area contributed by atoms with Gasteiger partial charge in [0.05, 0.1) is 6.61 Å². The summed E-state index contributed by atoms with van der Waals surface area (Å²) >= 11 is 0. The fourth-order valence-corrected chi connectivity index (χ4v) is 1.66. The van der Waals surface area contributed by atoms with E-state index in [0.29, 0.717) is 6.04 Å². The lowest BCUT2D eigenvalue weighted by atomic mass is 10.1. The van der Waals surface area contributed by atoms with Crippen LogP contribution in [0.4, 0.5) is 0 Å². The normalized spacial score (nSPS) is 12.6. The highest BCUT2D eigenvalue weighted by atomic mass is 16.5. The molecule has 0 aliphatic rings. The summed E-state index contributed by atoms with van der Waals surface area (Å²) in [5, 5.41) is 3.51. The molecule has 0 aliphatic heterocycles. The molecule has 1 N–H and O–H groups in total. The second kappa shape index (κ2) is 8.25. The lowest BCUT2D eigenvalue weighted by Crippen LogP contribution is -2.32. The van der Waals surface area contributed by atoms with Crippen LogP contribution in [0.1, 0.15) is 31.7 Å². The zero-order valence-electron chi connectivity index (χ0n) is 10.3. The van der Waals surface area contributed by atoms with Gasteiger partial charge in [-0.25, -0.2) is 0 Å². The van der Waals surface area contributed by atoms with Crippen LogP contribution >= 0.6 is 0 Å². The quantitative estimate of drug-likeness (QED) is 0.733. The van der Waals surface area contributed by atoms with E-state index in [1.807, 2.05) is 12.3 Å². The second-order valence-electron chi connectivity index (χ2n) is 4.04.